The molecule has 0 aliphatic carbocycles. The van der Waals surface area contributed by atoms with Gasteiger partial charge in [-0.1, -0.05) is 30.2 Å². The van der Waals surface area contributed by atoms with E-state index in [0.29, 0.717) is 59.1 Å². The number of carbonyl (C=O) groups excluding carboxylic acids is 3. The number of nitrogens with zero attached hydrogens (tertiary/aromatic N) is 1. The van der Waals surface area contributed by atoms with Crippen LogP contribution in [0.25, 0.3) is 10.9 Å². The minimum absolute atomic E-state index is 0.176. The first kappa shape index (κ1) is 41.1. The van der Waals surface area contributed by atoms with Gasteiger partial charge in [-0.3, -0.25) is 14.5 Å². The van der Waals surface area contributed by atoms with E-state index in [0.717, 1.165) is 30.9 Å². The van der Waals surface area contributed by atoms with Crippen molar-refractivity contribution < 1.29 is 48.4 Å². The Bertz CT molecular complexity index is 1940. The average molecular weight is 762 g/mol. The lowest BCUT2D eigenvalue weighted by Gasteiger charge is -2.26. The van der Waals surface area contributed by atoms with Crippen LogP contribution < -0.4 is 14.8 Å². The number of halogens is 1. The molecule has 1 atom stereocenters. The number of carboxylic acids is 2. The number of carbonyl (C=O) groups is 5. The Kier molecular flexibility index (Phi) is 15.6. The van der Waals surface area contributed by atoms with Gasteiger partial charge in [-0.2, -0.15) is 0 Å². The number of nitrogens with one attached hydrogen (secondary N) is 2. The lowest BCUT2D eigenvalue weighted by molar-refractivity contribution is -0.141. The molecule has 13 nitrogen and oxygen atoms in total. The molecule has 1 fully saturated rings. The van der Waals surface area contributed by atoms with Gasteiger partial charge in [-0.05, 0) is 105 Å². The number of aromatic amines is 1. The Morgan fingerprint density at radius 3 is 2.30 bits per heavy atom. The number of aryl methyl sites for hydroxylation is 1. The van der Waals surface area contributed by atoms with Crippen LogP contribution in [0.3, 0.4) is 0 Å². The molecule has 286 valence electrons. The van der Waals surface area contributed by atoms with Crippen molar-refractivity contribution in [3.63, 3.8) is 0 Å². The van der Waals surface area contributed by atoms with Crippen molar-refractivity contribution in [3.8, 4) is 11.5 Å². The number of fused-ring (bicyclic) bond motifs is 1. The Morgan fingerprint density at radius 1 is 0.926 bits per heavy atom. The third-order valence-corrected chi connectivity index (χ3v) is 8.82. The molecule has 0 spiro atoms. The van der Waals surface area contributed by atoms with Crippen LogP contribution in [-0.4, -0.2) is 83.2 Å². The lowest BCUT2D eigenvalue weighted by atomic mass is 9.92. The van der Waals surface area contributed by atoms with Crippen LogP contribution in [0.15, 0.2) is 78.9 Å². The van der Waals surface area contributed by atoms with Crippen LogP contribution in [0, 0.1) is 6.92 Å². The number of hydrogen-bond donors (Lipinski definition) is 4. The molecule has 14 heteroatoms. The lowest BCUT2D eigenvalue weighted by Crippen LogP contribution is -2.30. The number of methoxy groups -OCH3 is 1. The zero-order valence-corrected chi connectivity index (χ0v) is 30.9. The molecule has 0 saturated carbocycles. The molecule has 4 N–H and O–H groups in total. The van der Waals surface area contributed by atoms with Gasteiger partial charge < -0.3 is 34.7 Å². The highest BCUT2D eigenvalue weighted by molar-refractivity contribution is 6.30. The summed E-state index contributed by atoms with van der Waals surface area (Å²) >= 11 is 5.94. The topological polar surface area (TPSA) is 185 Å². The molecule has 0 bridgehead atoms. The summed E-state index contributed by atoms with van der Waals surface area (Å²) < 4.78 is 16.7. The van der Waals surface area contributed by atoms with Crippen molar-refractivity contribution in [2.75, 3.05) is 33.4 Å². The Hall–Kier alpha value is -5.66. The second-order valence-corrected chi connectivity index (χ2v) is 13.0. The predicted octanol–water partition coefficient (Wildman–Crippen LogP) is 6.28. The summed E-state index contributed by atoms with van der Waals surface area (Å²) in [6.45, 7) is 5.80. The Labute approximate surface area is 317 Å². The zero-order chi connectivity index (χ0) is 39.0. The van der Waals surface area contributed by atoms with Crippen LogP contribution in [0.2, 0.25) is 5.02 Å². The summed E-state index contributed by atoms with van der Waals surface area (Å²) in [5.74, 6) is -4.15. The first-order chi connectivity index (χ1) is 25.9. The number of carboxylic acid groups (broad SMARTS) is 2. The monoisotopic (exact) mass is 761 g/mol. The molecule has 1 amide bonds. The molecule has 1 saturated heterocycles. The number of piperidine rings is 1. The number of hydrogen-bond acceptors (Lipinski definition) is 9. The SMILES string of the molecule is COc1ccc2[nH]c(C)c(C(CC(=O)NCCCOc3cccc(CN4CCCCC4)c3)C(=O)OC(=O)c3ccc(Cl)cc3)c2c1.O=C(O)/C=C\C(=O)O. The quantitative estimate of drug-likeness (QED) is 0.0463. The van der Waals surface area contributed by atoms with E-state index in [9.17, 15) is 24.0 Å². The fraction of sp³-hybridized carbons (Fsp3) is 0.325. The fourth-order valence-electron chi connectivity index (χ4n) is 6.01. The van der Waals surface area contributed by atoms with E-state index in [1.807, 2.05) is 25.1 Å². The second-order valence-electron chi connectivity index (χ2n) is 12.6. The van der Waals surface area contributed by atoms with Crippen molar-refractivity contribution in [2.24, 2.45) is 0 Å². The van der Waals surface area contributed by atoms with Crippen molar-refractivity contribution in [1.29, 1.82) is 0 Å². The van der Waals surface area contributed by atoms with Gasteiger partial charge in [0.05, 0.1) is 25.2 Å². The standard InChI is InChI=1S/C36H40ClN3O6.C4H4O4/c1-24-34(30-21-28(44-2)14-15-32(30)39-24)31(36(43)46-35(42)26-10-12-27(37)13-11-26)22-33(41)38-16-7-19-45-29-9-6-8-25(20-29)23-40-17-4-3-5-18-40;5-3(6)1-2-4(7)8/h6,8-15,20-21,31,39H,3-5,7,16-19,22-23H2,1-2H3,(H,38,41);1-2H,(H,5,6)(H,7,8)/b;2-1-. The maximum atomic E-state index is 13.5. The number of ether oxygens (including phenoxy) is 3. The molecule has 3 aromatic carbocycles. The van der Waals surface area contributed by atoms with E-state index in [1.54, 1.807) is 31.4 Å². The minimum atomic E-state index is -1.26. The molecule has 1 unspecified atom stereocenters. The van der Waals surface area contributed by atoms with Crippen molar-refractivity contribution >= 4 is 52.3 Å². The molecular formula is C40H44ClN3O10. The Balaban J connectivity index is 0.000000730. The molecule has 2 heterocycles. The summed E-state index contributed by atoms with van der Waals surface area (Å²) in [6.07, 6.45) is 5.29. The fourth-order valence-corrected chi connectivity index (χ4v) is 6.14. The molecule has 5 rings (SSSR count). The van der Waals surface area contributed by atoms with Gasteiger partial charge >= 0.3 is 23.9 Å². The first-order valence-corrected chi connectivity index (χ1v) is 17.8. The van der Waals surface area contributed by atoms with Crippen LogP contribution in [0.5, 0.6) is 11.5 Å². The molecule has 54 heavy (non-hydrogen) atoms. The Morgan fingerprint density at radius 2 is 1.63 bits per heavy atom. The van der Waals surface area contributed by atoms with Gasteiger partial charge in [0.2, 0.25) is 5.91 Å². The zero-order valence-electron chi connectivity index (χ0n) is 30.1. The highest BCUT2D eigenvalue weighted by atomic mass is 35.5. The number of likely N-dealkylation sites (tertiary alicyclic amines) is 1. The third kappa shape index (κ3) is 12.8. The van der Waals surface area contributed by atoms with Gasteiger partial charge in [0.15, 0.2) is 0 Å². The first-order valence-electron chi connectivity index (χ1n) is 17.5. The highest BCUT2D eigenvalue weighted by Gasteiger charge is 2.31. The predicted molar refractivity (Wildman–Crippen MR) is 202 cm³/mol. The van der Waals surface area contributed by atoms with Crippen LogP contribution >= 0.6 is 11.6 Å². The minimum Gasteiger partial charge on any atom is -0.497 e. The molecule has 1 aliphatic heterocycles. The van der Waals surface area contributed by atoms with Gasteiger partial charge in [-0.25, -0.2) is 14.4 Å². The van der Waals surface area contributed by atoms with Gasteiger partial charge in [-0.15, -0.1) is 0 Å². The maximum absolute atomic E-state index is 13.5. The molecule has 1 aromatic heterocycles. The molecular weight excluding hydrogens is 718 g/mol. The number of amides is 1. The largest absolute Gasteiger partial charge is 0.497 e. The number of H-pyrrole nitrogens is 1. The second kappa shape index (κ2) is 20.5. The third-order valence-electron chi connectivity index (χ3n) is 8.57. The van der Waals surface area contributed by atoms with Crippen molar-refractivity contribution in [2.45, 2.75) is 51.5 Å². The van der Waals surface area contributed by atoms with Gasteiger partial charge in [0.25, 0.3) is 0 Å². The van der Waals surface area contributed by atoms with E-state index in [4.69, 9.17) is 36.0 Å². The van der Waals surface area contributed by atoms with Gasteiger partial charge in [0.1, 0.15) is 11.5 Å². The van der Waals surface area contributed by atoms with Crippen LogP contribution in [0.1, 0.15) is 65.2 Å². The van der Waals surface area contributed by atoms with E-state index in [2.05, 4.69) is 27.3 Å². The number of aromatic nitrogens is 1. The molecule has 1 aliphatic rings. The average Bonchev–Trinajstić information content (AvgIpc) is 3.48. The summed E-state index contributed by atoms with van der Waals surface area (Å²) in [6, 6.07) is 19.6. The highest BCUT2D eigenvalue weighted by Crippen LogP contribution is 2.34. The van der Waals surface area contributed by atoms with E-state index in [-0.39, 0.29) is 17.9 Å². The van der Waals surface area contributed by atoms with E-state index < -0.39 is 29.8 Å². The summed E-state index contributed by atoms with van der Waals surface area (Å²) in [7, 11) is 1.56. The summed E-state index contributed by atoms with van der Waals surface area (Å²) in [4.78, 5) is 64.4. The summed E-state index contributed by atoms with van der Waals surface area (Å²) in [5, 5.41) is 19.7. The van der Waals surface area contributed by atoms with E-state index >= 15 is 0 Å². The van der Waals surface area contributed by atoms with E-state index in [1.165, 1.54) is 37.0 Å². The molecule has 4 aromatic rings. The number of benzene rings is 3. The number of rotatable bonds is 15. The van der Waals surface area contributed by atoms with Crippen LogP contribution in [0.4, 0.5) is 0 Å². The smallest absolute Gasteiger partial charge is 0.345 e. The van der Waals surface area contributed by atoms with Crippen molar-refractivity contribution in [1.82, 2.24) is 15.2 Å². The van der Waals surface area contributed by atoms with Gasteiger partial charge in [0, 0.05) is 53.3 Å². The summed E-state index contributed by atoms with van der Waals surface area (Å²) in [5.41, 5.74) is 3.44. The normalized spacial score (nSPS) is 13.4. The van der Waals surface area contributed by atoms with Crippen molar-refractivity contribution in [3.05, 3.63) is 106 Å². The number of aliphatic carboxylic acids is 2. The molecule has 0 radical (unpaired) electrons. The van der Waals surface area contributed by atoms with Crippen LogP contribution in [-0.2, 0) is 30.5 Å². The number of esters is 2. The maximum Gasteiger partial charge on any atom is 0.345 e.